The summed E-state index contributed by atoms with van der Waals surface area (Å²) in [6.45, 7) is 1.34. The molecule has 1 aromatic heterocycles. The molecule has 0 bridgehead atoms. The van der Waals surface area contributed by atoms with Gasteiger partial charge in [0.05, 0.1) is 12.9 Å². The lowest BCUT2D eigenvalue weighted by Gasteiger charge is -2.07. The van der Waals surface area contributed by atoms with Crippen LogP contribution in [0.1, 0.15) is 5.56 Å². The Bertz CT molecular complexity index is 476. The van der Waals surface area contributed by atoms with Gasteiger partial charge in [0.15, 0.2) is 0 Å². The van der Waals surface area contributed by atoms with E-state index in [4.69, 9.17) is 15.9 Å². The fourth-order valence-electron chi connectivity index (χ4n) is 1.42. The number of hydrogen-bond acceptors (Lipinski definition) is 3. The molecule has 0 atom stereocenters. The number of nitrogens with two attached hydrogens (primary N) is 1. The Morgan fingerprint density at radius 3 is 2.71 bits per heavy atom. The van der Waals surface area contributed by atoms with Crippen molar-refractivity contribution >= 4 is 5.84 Å². The monoisotopic (exact) mass is 230 g/mol. The van der Waals surface area contributed by atoms with Crippen molar-refractivity contribution in [2.24, 2.45) is 5.73 Å². The zero-order valence-corrected chi connectivity index (χ0v) is 9.34. The van der Waals surface area contributed by atoms with Crippen molar-refractivity contribution < 1.29 is 4.74 Å². The summed E-state index contributed by atoms with van der Waals surface area (Å²) in [5, 5.41) is 7.27. The highest BCUT2D eigenvalue weighted by molar-refractivity contribution is 5.94. The second-order valence-corrected chi connectivity index (χ2v) is 3.59. The third-order valence-electron chi connectivity index (χ3n) is 2.34. The molecule has 88 valence electrons. The van der Waals surface area contributed by atoms with E-state index < -0.39 is 0 Å². The molecule has 2 aromatic rings. The Morgan fingerprint density at radius 1 is 1.35 bits per heavy atom. The van der Waals surface area contributed by atoms with Crippen molar-refractivity contribution in [1.82, 2.24) is 9.55 Å². The van der Waals surface area contributed by atoms with Crippen LogP contribution >= 0.6 is 0 Å². The summed E-state index contributed by atoms with van der Waals surface area (Å²) in [4.78, 5) is 3.95. The van der Waals surface area contributed by atoms with Crippen molar-refractivity contribution in [2.75, 3.05) is 6.61 Å². The number of nitrogen functional groups attached to an aromatic ring is 1. The van der Waals surface area contributed by atoms with Gasteiger partial charge in [-0.3, -0.25) is 5.41 Å². The van der Waals surface area contributed by atoms with E-state index in [1.165, 1.54) is 0 Å². The van der Waals surface area contributed by atoms with Crippen molar-refractivity contribution in [1.29, 1.82) is 5.41 Å². The van der Waals surface area contributed by atoms with Crippen molar-refractivity contribution in [2.45, 2.75) is 6.54 Å². The Kier molecular flexibility index (Phi) is 3.40. The van der Waals surface area contributed by atoms with Crippen LogP contribution in [0.4, 0.5) is 0 Å². The lowest BCUT2D eigenvalue weighted by Crippen LogP contribution is -2.11. The van der Waals surface area contributed by atoms with E-state index in [0.717, 1.165) is 12.3 Å². The van der Waals surface area contributed by atoms with E-state index in [1.807, 2.05) is 22.9 Å². The number of rotatable bonds is 5. The van der Waals surface area contributed by atoms with Gasteiger partial charge in [-0.2, -0.15) is 0 Å². The van der Waals surface area contributed by atoms with E-state index in [2.05, 4.69) is 4.98 Å². The zero-order valence-electron chi connectivity index (χ0n) is 9.34. The smallest absolute Gasteiger partial charge is 0.122 e. The van der Waals surface area contributed by atoms with Crippen LogP contribution in [0.3, 0.4) is 0 Å². The molecule has 0 fully saturated rings. The molecule has 5 heteroatoms. The number of aromatic nitrogens is 2. The normalized spacial score (nSPS) is 10.1. The molecule has 0 radical (unpaired) electrons. The van der Waals surface area contributed by atoms with Gasteiger partial charge >= 0.3 is 0 Å². The minimum atomic E-state index is 0.0648. The fraction of sp³-hybridized carbons (Fsp3) is 0.167. The number of nitrogens with zero attached hydrogens (tertiary/aromatic N) is 2. The van der Waals surface area contributed by atoms with Gasteiger partial charge in [0.1, 0.15) is 18.2 Å². The van der Waals surface area contributed by atoms with Crippen LogP contribution in [0.15, 0.2) is 43.0 Å². The maximum atomic E-state index is 7.27. The summed E-state index contributed by atoms with van der Waals surface area (Å²) < 4.78 is 7.50. The minimum absolute atomic E-state index is 0.0648. The fourth-order valence-corrected chi connectivity index (χ4v) is 1.42. The van der Waals surface area contributed by atoms with Gasteiger partial charge in [-0.05, 0) is 24.3 Å². The molecule has 1 heterocycles. The predicted molar refractivity (Wildman–Crippen MR) is 65.2 cm³/mol. The average molecular weight is 230 g/mol. The number of ether oxygens (including phenoxy) is 1. The first kappa shape index (κ1) is 11.2. The van der Waals surface area contributed by atoms with Crippen LogP contribution < -0.4 is 10.5 Å². The van der Waals surface area contributed by atoms with Crippen LogP contribution in [0.2, 0.25) is 0 Å². The van der Waals surface area contributed by atoms with Gasteiger partial charge < -0.3 is 15.0 Å². The molecule has 0 aliphatic rings. The molecule has 0 saturated heterocycles. The lowest BCUT2D eigenvalue weighted by molar-refractivity contribution is 0.298. The van der Waals surface area contributed by atoms with Crippen LogP contribution in [0, 0.1) is 5.41 Å². The predicted octanol–water partition coefficient (Wildman–Crippen LogP) is 1.25. The molecule has 0 amide bonds. The molecular weight excluding hydrogens is 216 g/mol. The summed E-state index contributed by atoms with van der Waals surface area (Å²) in [6.07, 6.45) is 5.38. The molecule has 0 aliphatic carbocycles. The lowest BCUT2D eigenvalue weighted by atomic mass is 10.2. The Balaban J connectivity index is 1.85. The molecule has 17 heavy (non-hydrogen) atoms. The first-order chi connectivity index (χ1) is 8.25. The molecular formula is C12H14N4O. The molecule has 5 nitrogen and oxygen atoms in total. The molecule has 2 rings (SSSR count). The highest BCUT2D eigenvalue weighted by atomic mass is 16.5. The second-order valence-electron chi connectivity index (χ2n) is 3.59. The van der Waals surface area contributed by atoms with Crippen molar-refractivity contribution in [3.05, 3.63) is 48.5 Å². The Hall–Kier alpha value is -2.30. The first-order valence-electron chi connectivity index (χ1n) is 5.29. The van der Waals surface area contributed by atoms with Crippen LogP contribution in [0.25, 0.3) is 0 Å². The summed E-state index contributed by atoms with van der Waals surface area (Å²) >= 11 is 0. The first-order valence-corrected chi connectivity index (χ1v) is 5.29. The SMILES string of the molecule is N=C(N)c1ccc(OCCn2ccnc2)cc1. The second kappa shape index (κ2) is 5.16. The summed E-state index contributed by atoms with van der Waals surface area (Å²) in [6, 6.07) is 7.17. The molecule has 0 aliphatic heterocycles. The maximum Gasteiger partial charge on any atom is 0.122 e. The number of amidine groups is 1. The topological polar surface area (TPSA) is 76.9 Å². The van der Waals surface area contributed by atoms with Gasteiger partial charge in [0.25, 0.3) is 0 Å². The Labute approximate surface area is 99.4 Å². The van der Waals surface area contributed by atoms with Crippen LogP contribution in [0.5, 0.6) is 5.75 Å². The Morgan fingerprint density at radius 2 is 2.12 bits per heavy atom. The van der Waals surface area contributed by atoms with E-state index in [9.17, 15) is 0 Å². The third kappa shape index (κ3) is 3.07. The summed E-state index contributed by atoms with van der Waals surface area (Å²) in [5.74, 6) is 0.838. The van der Waals surface area contributed by atoms with Gasteiger partial charge in [0.2, 0.25) is 0 Å². The van der Waals surface area contributed by atoms with Gasteiger partial charge in [-0.1, -0.05) is 0 Å². The number of imidazole rings is 1. The van der Waals surface area contributed by atoms with E-state index in [0.29, 0.717) is 12.2 Å². The highest BCUT2D eigenvalue weighted by Gasteiger charge is 1.97. The molecule has 3 N–H and O–H groups in total. The quantitative estimate of drug-likeness (QED) is 0.599. The minimum Gasteiger partial charge on any atom is -0.492 e. The maximum absolute atomic E-state index is 7.27. The van der Waals surface area contributed by atoms with Gasteiger partial charge in [-0.25, -0.2) is 4.98 Å². The standard InChI is InChI=1S/C12H14N4O/c13-12(14)10-1-3-11(4-2-10)17-8-7-16-6-5-15-9-16/h1-6,9H,7-8H2,(H3,13,14). The average Bonchev–Trinajstić information content (AvgIpc) is 2.83. The number of benzene rings is 1. The largest absolute Gasteiger partial charge is 0.492 e. The third-order valence-corrected chi connectivity index (χ3v) is 2.34. The van der Waals surface area contributed by atoms with Crippen molar-refractivity contribution in [3.8, 4) is 5.75 Å². The molecule has 0 saturated carbocycles. The van der Waals surface area contributed by atoms with Gasteiger partial charge in [0, 0.05) is 18.0 Å². The van der Waals surface area contributed by atoms with E-state index >= 15 is 0 Å². The highest BCUT2D eigenvalue weighted by Crippen LogP contribution is 2.11. The summed E-state index contributed by atoms with van der Waals surface area (Å²) in [5.41, 5.74) is 6.06. The van der Waals surface area contributed by atoms with E-state index in [-0.39, 0.29) is 5.84 Å². The van der Waals surface area contributed by atoms with Gasteiger partial charge in [-0.15, -0.1) is 0 Å². The molecule has 0 unspecified atom stereocenters. The number of nitrogens with one attached hydrogen (secondary N) is 1. The van der Waals surface area contributed by atoms with Crippen molar-refractivity contribution in [3.63, 3.8) is 0 Å². The van der Waals surface area contributed by atoms with Crippen LogP contribution in [-0.4, -0.2) is 22.0 Å². The van der Waals surface area contributed by atoms with Crippen LogP contribution in [-0.2, 0) is 6.54 Å². The summed E-state index contributed by atoms with van der Waals surface area (Å²) in [7, 11) is 0. The number of hydrogen-bond donors (Lipinski definition) is 2. The zero-order chi connectivity index (χ0) is 12.1. The van der Waals surface area contributed by atoms with E-state index in [1.54, 1.807) is 24.7 Å². The molecule has 0 spiro atoms. The molecule has 1 aromatic carbocycles.